The molecule has 0 saturated carbocycles. The zero-order chi connectivity index (χ0) is 33.1. The Labute approximate surface area is 275 Å². The number of ether oxygens (including phenoxy) is 3. The van der Waals surface area contributed by atoms with Crippen molar-refractivity contribution >= 4 is 17.7 Å². The van der Waals surface area contributed by atoms with E-state index in [-0.39, 0.29) is 12.1 Å². The summed E-state index contributed by atoms with van der Waals surface area (Å²) in [4.78, 5) is 32.3. The summed E-state index contributed by atoms with van der Waals surface area (Å²) in [5, 5.41) is 5.10. The lowest BCUT2D eigenvalue weighted by Crippen LogP contribution is -2.52. The number of nitrogens with two attached hydrogens (primary N) is 1. The van der Waals surface area contributed by atoms with Crippen molar-refractivity contribution in [1.82, 2.24) is 19.6 Å². The van der Waals surface area contributed by atoms with E-state index in [1.54, 1.807) is 16.7 Å². The van der Waals surface area contributed by atoms with Gasteiger partial charge in [0.25, 0.3) is 5.91 Å². The summed E-state index contributed by atoms with van der Waals surface area (Å²) in [5.74, 6) is 1.62. The molecule has 11 heteroatoms. The minimum atomic E-state index is -0.557. The van der Waals surface area contributed by atoms with Gasteiger partial charge >= 0.3 is 6.09 Å². The van der Waals surface area contributed by atoms with E-state index in [0.717, 1.165) is 34.9 Å². The summed E-state index contributed by atoms with van der Waals surface area (Å²) in [5.41, 5.74) is 9.23. The van der Waals surface area contributed by atoms with Gasteiger partial charge in [0.15, 0.2) is 5.69 Å². The van der Waals surface area contributed by atoms with Crippen molar-refractivity contribution in [3.05, 3.63) is 95.8 Å². The highest BCUT2D eigenvalue weighted by Gasteiger charge is 2.39. The number of benzene rings is 3. The third-order valence-electron chi connectivity index (χ3n) is 8.42. The Bertz CT molecular complexity index is 1690. The van der Waals surface area contributed by atoms with Crippen LogP contribution in [0.2, 0.25) is 0 Å². The molecule has 1 unspecified atom stereocenters. The van der Waals surface area contributed by atoms with Crippen molar-refractivity contribution in [3.63, 3.8) is 0 Å². The molecule has 1 atom stereocenters. The fourth-order valence-electron chi connectivity index (χ4n) is 6.19. The van der Waals surface area contributed by atoms with Crippen LogP contribution in [-0.4, -0.2) is 77.0 Å². The number of rotatable bonds is 8. The van der Waals surface area contributed by atoms with Crippen molar-refractivity contribution in [2.75, 3.05) is 44.7 Å². The topological polar surface area (TPSA) is 115 Å². The number of nitrogens with zero attached hydrogens (tertiary/aromatic N) is 5. The van der Waals surface area contributed by atoms with Gasteiger partial charge in [0.05, 0.1) is 24.5 Å². The minimum Gasteiger partial charge on any atom is -0.497 e. The molecule has 6 rings (SSSR count). The van der Waals surface area contributed by atoms with Gasteiger partial charge in [-0.25, -0.2) is 9.48 Å². The maximum absolute atomic E-state index is 13.3. The maximum Gasteiger partial charge on any atom is 0.410 e. The van der Waals surface area contributed by atoms with Gasteiger partial charge in [0, 0.05) is 39.3 Å². The first kappa shape index (κ1) is 31.9. The highest BCUT2D eigenvalue weighted by molar-refractivity contribution is 5.98. The number of para-hydroxylation sites is 1. The first-order valence-corrected chi connectivity index (χ1v) is 16.0. The highest BCUT2D eigenvalue weighted by Crippen LogP contribution is 2.41. The quantitative estimate of drug-likeness (QED) is 0.259. The van der Waals surface area contributed by atoms with Crippen LogP contribution in [0.15, 0.2) is 78.9 Å². The van der Waals surface area contributed by atoms with E-state index in [1.807, 2.05) is 99.6 Å². The van der Waals surface area contributed by atoms with Crippen LogP contribution in [0.3, 0.4) is 0 Å². The number of primary amides is 1. The van der Waals surface area contributed by atoms with Crippen molar-refractivity contribution < 1.29 is 23.8 Å². The molecule has 1 aromatic heterocycles. The van der Waals surface area contributed by atoms with Gasteiger partial charge in [-0.15, -0.1) is 0 Å². The lowest BCUT2D eigenvalue weighted by atomic mass is 9.98. The lowest BCUT2D eigenvalue weighted by Gasteiger charge is -2.42. The summed E-state index contributed by atoms with van der Waals surface area (Å²) in [6.45, 7) is 9.30. The molecule has 3 heterocycles. The Morgan fingerprint density at radius 3 is 2.11 bits per heavy atom. The number of hydrogen-bond acceptors (Lipinski definition) is 8. The second-order valence-corrected chi connectivity index (χ2v) is 12.8. The predicted molar refractivity (Wildman–Crippen MR) is 179 cm³/mol. The van der Waals surface area contributed by atoms with Crippen molar-refractivity contribution in [3.8, 4) is 22.9 Å². The molecule has 11 nitrogen and oxygen atoms in total. The van der Waals surface area contributed by atoms with Gasteiger partial charge in [-0.1, -0.05) is 30.3 Å². The standard InChI is InChI=1S/C36H42N6O5/c1-36(2,3)47-35(44)40-22-20-39(21-23-40)30-18-19-41(24-25-10-14-27(45-4)15-11-25)32-31(30)38-42(33(32)34(37)43)26-12-16-29(17-13-26)46-28-8-6-5-7-9-28/h5-17,30H,18-24H2,1-4H3,(H2,37,43). The van der Waals surface area contributed by atoms with E-state index >= 15 is 0 Å². The Morgan fingerprint density at radius 2 is 1.49 bits per heavy atom. The van der Waals surface area contributed by atoms with Gasteiger partial charge in [-0.05, 0) is 81.3 Å². The fourth-order valence-corrected chi connectivity index (χ4v) is 6.19. The normalized spacial score (nSPS) is 16.8. The molecule has 1 fully saturated rings. The first-order chi connectivity index (χ1) is 22.6. The summed E-state index contributed by atoms with van der Waals surface area (Å²) >= 11 is 0. The second-order valence-electron chi connectivity index (χ2n) is 12.8. The van der Waals surface area contributed by atoms with Gasteiger partial charge in [-0.3, -0.25) is 9.69 Å². The van der Waals surface area contributed by atoms with E-state index < -0.39 is 11.5 Å². The molecule has 4 aromatic rings. The molecule has 3 aromatic carbocycles. The molecule has 0 radical (unpaired) electrons. The third-order valence-corrected chi connectivity index (χ3v) is 8.42. The number of amides is 2. The Balaban J connectivity index is 1.32. The van der Waals surface area contributed by atoms with Gasteiger partial charge in [0.1, 0.15) is 28.5 Å². The Morgan fingerprint density at radius 1 is 0.851 bits per heavy atom. The molecule has 0 aliphatic carbocycles. The number of fused-ring (bicyclic) bond motifs is 1. The summed E-state index contributed by atoms with van der Waals surface area (Å²) < 4.78 is 18.6. The van der Waals surface area contributed by atoms with E-state index in [1.165, 1.54) is 0 Å². The van der Waals surface area contributed by atoms with Gasteiger partial charge < -0.3 is 29.7 Å². The van der Waals surface area contributed by atoms with Crippen molar-refractivity contribution in [1.29, 1.82) is 0 Å². The number of aromatic nitrogens is 2. The Hall–Kier alpha value is -5.03. The molecule has 0 bridgehead atoms. The van der Waals surface area contributed by atoms with Crippen LogP contribution in [0.4, 0.5) is 10.5 Å². The van der Waals surface area contributed by atoms with Crippen LogP contribution in [-0.2, 0) is 11.3 Å². The van der Waals surface area contributed by atoms with Crippen molar-refractivity contribution in [2.45, 2.75) is 45.4 Å². The number of anilines is 1. The van der Waals surface area contributed by atoms with Gasteiger partial charge in [0.2, 0.25) is 0 Å². The largest absolute Gasteiger partial charge is 0.497 e. The molecule has 2 aliphatic rings. The fraction of sp³-hybridized carbons (Fsp3) is 0.361. The molecular formula is C36H42N6O5. The van der Waals surface area contributed by atoms with E-state index in [9.17, 15) is 9.59 Å². The van der Waals surface area contributed by atoms with Crippen molar-refractivity contribution in [2.24, 2.45) is 5.73 Å². The molecule has 2 amide bonds. The van der Waals surface area contributed by atoms with E-state index in [0.29, 0.717) is 56.4 Å². The average molecular weight is 639 g/mol. The van der Waals surface area contributed by atoms with Crippen LogP contribution in [0, 0.1) is 0 Å². The molecule has 1 saturated heterocycles. The van der Waals surface area contributed by atoms with Crippen LogP contribution in [0.5, 0.6) is 17.2 Å². The number of hydrogen-bond donors (Lipinski definition) is 1. The van der Waals surface area contributed by atoms with Gasteiger partial charge in [-0.2, -0.15) is 5.10 Å². The molecule has 246 valence electrons. The summed E-state index contributed by atoms with van der Waals surface area (Å²) in [7, 11) is 1.65. The monoisotopic (exact) mass is 638 g/mol. The molecule has 2 aliphatic heterocycles. The average Bonchev–Trinajstić information content (AvgIpc) is 3.47. The highest BCUT2D eigenvalue weighted by atomic mass is 16.6. The minimum absolute atomic E-state index is 0.0575. The lowest BCUT2D eigenvalue weighted by molar-refractivity contribution is 0.00937. The molecule has 0 spiro atoms. The SMILES string of the molecule is COc1ccc(CN2CCC(N3CCN(C(=O)OC(C)(C)C)CC3)c3nn(-c4ccc(Oc5ccccc5)cc4)c(C(N)=O)c32)cc1. The van der Waals surface area contributed by atoms with Crippen LogP contribution < -0.4 is 20.1 Å². The maximum atomic E-state index is 13.3. The summed E-state index contributed by atoms with van der Waals surface area (Å²) in [6, 6.07) is 24.9. The predicted octanol–water partition coefficient (Wildman–Crippen LogP) is 5.78. The Kier molecular flexibility index (Phi) is 9.08. The first-order valence-electron chi connectivity index (χ1n) is 16.0. The number of methoxy groups -OCH3 is 1. The number of carbonyl (C=O) groups is 2. The zero-order valence-corrected chi connectivity index (χ0v) is 27.4. The van der Waals surface area contributed by atoms with Crippen LogP contribution in [0.1, 0.15) is 55.0 Å². The smallest absolute Gasteiger partial charge is 0.410 e. The number of carbonyl (C=O) groups excluding carboxylic acids is 2. The molecule has 2 N–H and O–H groups in total. The summed E-state index contributed by atoms with van der Waals surface area (Å²) in [6.07, 6.45) is 0.501. The molecule has 47 heavy (non-hydrogen) atoms. The zero-order valence-electron chi connectivity index (χ0n) is 27.4. The van der Waals surface area contributed by atoms with E-state index in [2.05, 4.69) is 9.80 Å². The molecular weight excluding hydrogens is 596 g/mol. The van der Waals surface area contributed by atoms with Crippen LogP contribution in [0.25, 0.3) is 5.69 Å². The van der Waals surface area contributed by atoms with Crippen LogP contribution >= 0.6 is 0 Å². The van der Waals surface area contributed by atoms with E-state index in [4.69, 9.17) is 25.0 Å². The second kappa shape index (κ2) is 13.4. The number of piperazine rings is 1. The third kappa shape index (κ3) is 7.20.